The van der Waals surface area contributed by atoms with Crippen molar-refractivity contribution in [3.8, 4) is 11.1 Å². The van der Waals surface area contributed by atoms with Gasteiger partial charge in [-0.15, -0.1) is 0 Å². The molecule has 6 nitrogen and oxygen atoms in total. The first kappa shape index (κ1) is 17.9. The molecular formula is C22H18N2O4S. The van der Waals surface area contributed by atoms with Gasteiger partial charge in [0.15, 0.2) is 0 Å². The van der Waals surface area contributed by atoms with Crippen LogP contribution >= 0.6 is 11.5 Å². The molecule has 146 valence electrons. The summed E-state index contributed by atoms with van der Waals surface area (Å²) >= 11 is 0.994. The molecule has 0 unspecified atom stereocenters. The molecule has 0 atom stereocenters. The maximum absolute atomic E-state index is 12.4. The Kier molecular flexibility index (Phi) is 4.32. The molecule has 2 aromatic carbocycles. The second kappa shape index (κ2) is 7.00. The molecule has 5 rings (SSSR count). The summed E-state index contributed by atoms with van der Waals surface area (Å²) < 4.78 is 9.74. The Hall–Kier alpha value is -3.19. The lowest BCUT2D eigenvalue weighted by molar-refractivity contribution is 0.0697. The number of anilines is 1. The normalized spacial score (nSPS) is 14.9. The number of carboxylic acid groups (broad SMARTS) is 1. The van der Waals surface area contributed by atoms with Crippen molar-refractivity contribution in [2.75, 3.05) is 11.9 Å². The van der Waals surface area contributed by atoms with Crippen LogP contribution in [-0.2, 0) is 4.74 Å². The van der Waals surface area contributed by atoms with Gasteiger partial charge in [0.05, 0.1) is 5.69 Å². The van der Waals surface area contributed by atoms with Gasteiger partial charge in [-0.05, 0) is 46.6 Å². The van der Waals surface area contributed by atoms with Crippen molar-refractivity contribution in [2.24, 2.45) is 0 Å². The van der Waals surface area contributed by atoms with Crippen molar-refractivity contribution in [3.05, 3.63) is 70.9 Å². The minimum absolute atomic E-state index is 0.0458. The average Bonchev–Trinajstić information content (AvgIpc) is 3.41. The Morgan fingerprint density at radius 1 is 1.07 bits per heavy atom. The fraction of sp³-hybridized carbons (Fsp3) is 0.227. The van der Waals surface area contributed by atoms with E-state index in [4.69, 9.17) is 4.74 Å². The Bertz CT molecular complexity index is 1070. The maximum atomic E-state index is 12.4. The van der Waals surface area contributed by atoms with Crippen LogP contribution < -0.4 is 5.32 Å². The molecule has 1 aromatic heterocycles. The Balaban J connectivity index is 1.33. The van der Waals surface area contributed by atoms with Gasteiger partial charge in [-0.3, -0.25) is 5.32 Å². The molecule has 1 saturated carbocycles. The number of benzene rings is 2. The SMILES string of the molecule is O=C(Nc1snc(C2CC2)c1C(=O)O)OCC1c2ccccc2-c2ccccc21. The van der Waals surface area contributed by atoms with E-state index >= 15 is 0 Å². The summed E-state index contributed by atoms with van der Waals surface area (Å²) in [6.45, 7) is 0.177. The third-order valence-corrected chi connectivity index (χ3v) is 6.23. The van der Waals surface area contributed by atoms with Crippen LogP contribution in [0, 0.1) is 0 Å². The number of ether oxygens (including phenoxy) is 1. The maximum Gasteiger partial charge on any atom is 0.412 e. The van der Waals surface area contributed by atoms with Crippen LogP contribution in [0.1, 0.15) is 51.9 Å². The molecular weight excluding hydrogens is 388 g/mol. The standard InChI is InChI=1S/C22H18N2O4S/c25-21(26)18-19(12-9-10-12)24-29-20(18)23-22(27)28-11-17-15-7-3-1-5-13(15)14-6-2-4-8-16(14)17/h1-8,12,17H,9-11H2,(H,23,27)(H,25,26). The van der Waals surface area contributed by atoms with E-state index in [0.29, 0.717) is 5.69 Å². The molecule has 2 aliphatic rings. The average molecular weight is 406 g/mol. The number of hydrogen-bond donors (Lipinski definition) is 2. The predicted molar refractivity (Wildman–Crippen MR) is 110 cm³/mol. The number of nitrogens with zero attached hydrogens (tertiary/aromatic N) is 1. The predicted octanol–water partition coefficient (Wildman–Crippen LogP) is 5.08. The number of carboxylic acids is 1. The van der Waals surface area contributed by atoms with Crippen LogP contribution in [0.25, 0.3) is 11.1 Å². The third-order valence-electron chi connectivity index (χ3n) is 5.46. The lowest BCUT2D eigenvalue weighted by atomic mass is 9.98. The molecule has 0 saturated heterocycles. The highest BCUT2D eigenvalue weighted by Crippen LogP contribution is 2.45. The fourth-order valence-corrected chi connectivity index (χ4v) is 4.80. The van der Waals surface area contributed by atoms with Crippen molar-refractivity contribution in [2.45, 2.75) is 24.7 Å². The highest BCUT2D eigenvalue weighted by Gasteiger charge is 2.34. The first-order chi connectivity index (χ1) is 14.1. The van der Waals surface area contributed by atoms with E-state index in [0.717, 1.165) is 46.6 Å². The molecule has 0 bridgehead atoms. The summed E-state index contributed by atoms with van der Waals surface area (Å²) in [5.41, 5.74) is 5.22. The smallest absolute Gasteiger partial charge is 0.412 e. The molecule has 0 spiro atoms. The Labute approximate surface area is 171 Å². The van der Waals surface area contributed by atoms with E-state index in [1.54, 1.807) is 0 Å². The molecule has 1 fully saturated rings. The number of amides is 1. The summed E-state index contributed by atoms with van der Waals surface area (Å²) in [5, 5.41) is 12.3. The van der Waals surface area contributed by atoms with Crippen LogP contribution in [0.3, 0.4) is 0 Å². The van der Waals surface area contributed by atoms with Gasteiger partial charge < -0.3 is 9.84 Å². The van der Waals surface area contributed by atoms with Crippen LogP contribution in [0.15, 0.2) is 48.5 Å². The highest BCUT2D eigenvalue weighted by molar-refractivity contribution is 7.11. The summed E-state index contributed by atoms with van der Waals surface area (Å²) in [6.07, 6.45) is 1.21. The van der Waals surface area contributed by atoms with E-state index in [9.17, 15) is 14.7 Å². The molecule has 0 aliphatic heterocycles. The number of aromatic nitrogens is 1. The summed E-state index contributed by atoms with van der Waals surface area (Å²) in [4.78, 5) is 24.0. The number of aromatic carboxylic acids is 1. The van der Waals surface area contributed by atoms with Crippen LogP contribution in [0.4, 0.5) is 9.80 Å². The van der Waals surface area contributed by atoms with Crippen molar-refractivity contribution in [1.82, 2.24) is 4.37 Å². The van der Waals surface area contributed by atoms with Gasteiger partial charge in [-0.2, -0.15) is 4.37 Å². The van der Waals surface area contributed by atoms with Crippen molar-refractivity contribution in [3.63, 3.8) is 0 Å². The van der Waals surface area contributed by atoms with E-state index in [-0.39, 0.29) is 29.0 Å². The molecule has 29 heavy (non-hydrogen) atoms. The van der Waals surface area contributed by atoms with E-state index in [1.807, 2.05) is 24.3 Å². The van der Waals surface area contributed by atoms with Gasteiger partial charge in [0.2, 0.25) is 0 Å². The monoisotopic (exact) mass is 406 g/mol. The van der Waals surface area contributed by atoms with E-state index in [2.05, 4.69) is 34.0 Å². The minimum Gasteiger partial charge on any atom is -0.478 e. The van der Waals surface area contributed by atoms with Gasteiger partial charge in [0, 0.05) is 11.8 Å². The molecule has 7 heteroatoms. The molecule has 2 aliphatic carbocycles. The van der Waals surface area contributed by atoms with Crippen molar-refractivity contribution in [1.29, 1.82) is 0 Å². The van der Waals surface area contributed by atoms with Crippen LogP contribution in [0.2, 0.25) is 0 Å². The number of rotatable bonds is 5. The van der Waals surface area contributed by atoms with Gasteiger partial charge in [-0.1, -0.05) is 48.5 Å². The van der Waals surface area contributed by atoms with Crippen LogP contribution in [0.5, 0.6) is 0 Å². The fourth-order valence-electron chi connectivity index (χ4n) is 3.96. The molecule has 1 amide bonds. The second-order valence-electron chi connectivity index (χ2n) is 7.30. The third kappa shape index (κ3) is 3.17. The Morgan fingerprint density at radius 2 is 1.69 bits per heavy atom. The summed E-state index contributed by atoms with van der Waals surface area (Å²) in [7, 11) is 0. The molecule has 2 N–H and O–H groups in total. The second-order valence-corrected chi connectivity index (χ2v) is 8.08. The zero-order valence-corrected chi connectivity index (χ0v) is 16.2. The van der Waals surface area contributed by atoms with Gasteiger partial charge >= 0.3 is 12.1 Å². The number of carbonyl (C=O) groups is 2. The topological polar surface area (TPSA) is 88.5 Å². The first-order valence-electron chi connectivity index (χ1n) is 9.48. The largest absolute Gasteiger partial charge is 0.478 e. The first-order valence-corrected chi connectivity index (χ1v) is 10.3. The lowest BCUT2D eigenvalue weighted by Crippen LogP contribution is -2.18. The highest BCUT2D eigenvalue weighted by atomic mass is 32.1. The molecule has 3 aromatic rings. The van der Waals surface area contributed by atoms with Crippen molar-refractivity contribution < 1.29 is 19.4 Å². The molecule has 0 radical (unpaired) electrons. The number of fused-ring (bicyclic) bond motifs is 3. The van der Waals surface area contributed by atoms with E-state index < -0.39 is 12.1 Å². The summed E-state index contributed by atoms with van der Waals surface area (Å²) in [5.74, 6) is -0.930. The number of hydrogen-bond acceptors (Lipinski definition) is 5. The van der Waals surface area contributed by atoms with Crippen molar-refractivity contribution >= 4 is 28.6 Å². The van der Waals surface area contributed by atoms with E-state index in [1.165, 1.54) is 0 Å². The number of nitrogens with one attached hydrogen (secondary N) is 1. The van der Waals surface area contributed by atoms with Crippen LogP contribution in [-0.4, -0.2) is 28.1 Å². The zero-order chi connectivity index (χ0) is 20.0. The zero-order valence-electron chi connectivity index (χ0n) is 15.4. The molecule has 1 heterocycles. The van der Waals surface area contributed by atoms with Gasteiger partial charge in [0.1, 0.15) is 17.2 Å². The number of carbonyl (C=O) groups excluding carboxylic acids is 1. The minimum atomic E-state index is -1.07. The van der Waals surface area contributed by atoms with Gasteiger partial charge in [-0.25, -0.2) is 9.59 Å². The summed E-state index contributed by atoms with van der Waals surface area (Å²) in [6, 6.07) is 16.2. The lowest BCUT2D eigenvalue weighted by Gasteiger charge is -2.14. The Morgan fingerprint density at radius 3 is 2.28 bits per heavy atom. The quantitative estimate of drug-likeness (QED) is 0.617. The van der Waals surface area contributed by atoms with Gasteiger partial charge in [0.25, 0.3) is 0 Å².